The number of anilines is 1. The molecule has 1 amide bonds. The number of alkyl halides is 1. The minimum absolute atomic E-state index is 0.00477. The summed E-state index contributed by atoms with van der Waals surface area (Å²) in [6.07, 6.45) is 5.31. The van der Waals surface area contributed by atoms with Crippen LogP contribution in [-0.4, -0.2) is 87.5 Å². The fourth-order valence-electron chi connectivity index (χ4n) is 8.13. The molecule has 4 saturated heterocycles. The predicted octanol–water partition coefficient (Wildman–Crippen LogP) is 5.67. The van der Waals surface area contributed by atoms with Crippen LogP contribution in [0.5, 0.6) is 6.01 Å². The Morgan fingerprint density at radius 3 is 2.80 bits per heavy atom. The predicted molar refractivity (Wildman–Crippen MR) is 152 cm³/mol. The van der Waals surface area contributed by atoms with E-state index < -0.39 is 17.6 Å². The average molecular weight is 590 g/mol. The number of piperazine rings is 1. The number of fused-ring (bicyclic) bond motifs is 6. The van der Waals surface area contributed by atoms with Gasteiger partial charge in [0.05, 0.1) is 28.7 Å². The molecule has 0 radical (unpaired) electrons. The number of hydrogen-bond donors (Lipinski definition) is 0. The van der Waals surface area contributed by atoms with Crippen molar-refractivity contribution in [2.45, 2.75) is 108 Å². The van der Waals surface area contributed by atoms with Crippen LogP contribution in [0.1, 0.15) is 71.3 Å². The van der Waals surface area contributed by atoms with Gasteiger partial charge in [0.1, 0.15) is 29.7 Å². The van der Waals surface area contributed by atoms with E-state index in [1.54, 1.807) is 6.07 Å². The van der Waals surface area contributed by atoms with Crippen LogP contribution in [0.2, 0.25) is 5.02 Å². The maximum absolute atomic E-state index is 15.6. The van der Waals surface area contributed by atoms with Gasteiger partial charge in [0.2, 0.25) is 0 Å². The highest BCUT2D eigenvalue weighted by Gasteiger charge is 2.51. The molecule has 1 aromatic heterocycles. The highest BCUT2D eigenvalue weighted by atomic mass is 35.5. The lowest BCUT2D eigenvalue weighted by atomic mass is 9.91. The Bertz CT molecular complexity index is 1390. The van der Waals surface area contributed by atoms with E-state index in [0.29, 0.717) is 37.1 Å². The lowest BCUT2D eigenvalue weighted by Crippen LogP contribution is -2.62. The molecule has 8 nitrogen and oxygen atoms in total. The zero-order valence-corrected chi connectivity index (χ0v) is 24.7. The van der Waals surface area contributed by atoms with Crippen LogP contribution in [0.4, 0.5) is 19.4 Å². The molecule has 41 heavy (non-hydrogen) atoms. The molecule has 5 aliphatic heterocycles. The Morgan fingerprint density at radius 1 is 1.17 bits per heavy atom. The first kappa shape index (κ1) is 27.4. The number of halogens is 3. The quantitative estimate of drug-likeness (QED) is 0.457. The Morgan fingerprint density at radius 2 is 2.00 bits per heavy atom. The molecule has 1 aromatic carbocycles. The Hall–Kier alpha value is -2.46. The molecule has 6 heterocycles. The summed E-state index contributed by atoms with van der Waals surface area (Å²) in [7, 11) is 0. The Balaban J connectivity index is 1.27. The zero-order chi connectivity index (χ0) is 28.7. The topological polar surface area (TPSA) is 71.0 Å². The second-order valence-corrected chi connectivity index (χ2v) is 14.0. The maximum atomic E-state index is 15.6. The summed E-state index contributed by atoms with van der Waals surface area (Å²) in [5.74, 6) is 0.0494. The van der Waals surface area contributed by atoms with Gasteiger partial charge in [0.25, 0.3) is 0 Å². The Kier molecular flexibility index (Phi) is 6.54. The summed E-state index contributed by atoms with van der Waals surface area (Å²) in [6.45, 7) is 7.76. The monoisotopic (exact) mass is 589 g/mol. The van der Waals surface area contributed by atoms with E-state index in [0.717, 1.165) is 50.6 Å². The van der Waals surface area contributed by atoms with E-state index in [4.69, 9.17) is 26.1 Å². The lowest BCUT2D eigenvalue weighted by Gasteiger charge is -2.48. The van der Waals surface area contributed by atoms with Gasteiger partial charge in [-0.2, -0.15) is 9.97 Å². The number of benzene rings is 1. The van der Waals surface area contributed by atoms with E-state index in [1.165, 1.54) is 0 Å². The van der Waals surface area contributed by atoms with E-state index >= 15 is 4.39 Å². The van der Waals surface area contributed by atoms with Crippen molar-refractivity contribution >= 4 is 34.4 Å². The van der Waals surface area contributed by atoms with Gasteiger partial charge in [-0.1, -0.05) is 11.6 Å². The molecular weight excluding hydrogens is 552 g/mol. The SMILES string of the molecule is CC(C)(C)OC(=O)N1[C@@H]2CC[C@H]1[C@H]1CCCc3cc(Cl)c(F)c4nc(OC[C@@]56CCCN5C[C@H](F)C6)nc(c34)N1C2. The number of aromatic nitrogens is 2. The number of carbonyl (C=O) groups excluding carboxylic acids is 1. The van der Waals surface area contributed by atoms with Crippen molar-refractivity contribution in [1.29, 1.82) is 0 Å². The van der Waals surface area contributed by atoms with Crippen LogP contribution in [0.3, 0.4) is 0 Å². The van der Waals surface area contributed by atoms with E-state index in [2.05, 4.69) is 14.8 Å². The molecular formula is C30H38ClF2N5O3. The van der Waals surface area contributed by atoms with Crippen molar-refractivity contribution < 1.29 is 23.0 Å². The highest BCUT2D eigenvalue weighted by Crippen LogP contribution is 2.45. The number of rotatable bonds is 3. The van der Waals surface area contributed by atoms with Crippen LogP contribution in [-0.2, 0) is 11.2 Å². The first-order valence-corrected chi connectivity index (χ1v) is 15.4. The smallest absolute Gasteiger partial charge is 0.410 e. The molecule has 0 aliphatic carbocycles. The van der Waals surface area contributed by atoms with Crippen molar-refractivity contribution in [2.75, 3.05) is 31.1 Å². The molecule has 222 valence electrons. The van der Waals surface area contributed by atoms with Crippen molar-refractivity contribution in [3.63, 3.8) is 0 Å². The summed E-state index contributed by atoms with van der Waals surface area (Å²) in [4.78, 5) is 29.2. The van der Waals surface area contributed by atoms with Crippen LogP contribution in [0.25, 0.3) is 10.9 Å². The summed E-state index contributed by atoms with van der Waals surface area (Å²) in [6, 6.07) is 1.73. The van der Waals surface area contributed by atoms with Crippen molar-refractivity contribution in [3.05, 3.63) is 22.5 Å². The van der Waals surface area contributed by atoms with Crippen LogP contribution < -0.4 is 9.64 Å². The third kappa shape index (κ3) is 4.60. The molecule has 11 heteroatoms. The first-order chi connectivity index (χ1) is 19.5. The van der Waals surface area contributed by atoms with Gasteiger partial charge in [-0.3, -0.25) is 9.80 Å². The third-order valence-electron chi connectivity index (χ3n) is 9.76. The summed E-state index contributed by atoms with van der Waals surface area (Å²) >= 11 is 6.37. The van der Waals surface area contributed by atoms with Crippen molar-refractivity contribution in [3.8, 4) is 6.01 Å². The molecule has 5 atom stereocenters. The fourth-order valence-corrected chi connectivity index (χ4v) is 8.36. The number of carbonyl (C=O) groups is 1. The molecule has 0 spiro atoms. The van der Waals surface area contributed by atoms with Gasteiger partial charge >= 0.3 is 12.1 Å². The first-order valence-electron chi connectivity index (χ1n) is 15.0. The van der Waals surface area contributed by atoms with Gasteiger partial charge in [0, 0.05) is 24.9 Å². The molecule has 5 aliphatic rings. The van der Waals surface area contributed by atoms with E-state index in [-0.39, 0.29) is 52.9 Å². The molecule has 0 unspecified atom stereocenters. The largest absolute Gasteiger partial charge is 0.461 e. The number of nitrogens with zero attached hydrogens (tertiary/aromatic N) is 5. The number of hydrogen-bond acceptors (Lipinski definition) is 7. The third-order valence-corrected chi connectivity index (χ3v) is 10.0. The van der Waals surface area contributed by atoms with Gasteiger partial charge in [0.15, 0.2) is 5.82 Å². The van der Waals surface area contributed by atoms with Gasteiger partial charge in [-0.05, 0) is 83.9 Å². The molecule has 0 N–H and O–H groups in total. The molecule has 4 fully saturated rings. The van der Waals surface area contributed by atoms with E-state index in [9.17, 15) is 9.18 Å². The normalized spacial score (nSPS) is 31.2. The van der Waals surface area contributed by atoms with Crippen LogP contribution in [0, 0.1) is 5.82 Å². The lowest BCUT2D eigenvalue weighted by molar-refractivity contribution is 0.00700. The second-order valence-electron chi connectivity index (χ2n) is 13.5. The molecule has 7 rings (SSSR count). The van der Waals surface area contributed by atoms with Gasteiger partial charge in [-0.15, -0.1) is 0 Å². The standard InChI is InChI=1S/C30H38ClF2N5O3/c1-29(2,3)41-28(39)38-19-8-9-22(38)21-7-4-6-17-12-20(31)24(33)25-23(17)26(37(21)15-19)35-27(34-25)40-16-30-10-5-11-36(30)14-18(32)13-30/h12,18-19,21-22H,4-11,13-16H2,1-3H3/t18-,19-,21-,22+,30+/m1/s1. The van der Waals surface area contributed by atoms with Gasteiger partial charge in [-0.25, -0.2) is 13.6 Å². The second kappa shape index (κ2) is 9.79. The number of ether oxygens (including phenoxy) is 2. The number of amides is 1. The van der Waals surface area contributed by atoms with Crippen LogP contribution in [0.15, 0.2) is 6.07 Å². The summed E-state index contributed by atoms with van der Waals surface area (Å²) in [5, 5.41) is 0.700. The summed E-state index contributed by atoms with van der Waals surface area (Å²) in [5.41, 5.74) is 0.128. The maximum Gasteiger partial charge on any atom is 0.410 e. The summed E-state index contributed by atoms with van der Waals surface area (Å²) < 4.78 is 42.1. The van der Waals surface area contributed by atoms with Crippen LogP contribution >= 0.6 is 11.6 Å². The van der Waals surface area contributed by atoms with Gasteiger partial charge < -0.3 is 14.4 Å². The zero-order valence-electron chi connectivity index (χ0n) is 24.0. The Labute approximate surface area is 244 Å². The fraction of sp³-hybridized carbons (Fsp3) is 0.700. The average Bonchev–Trinajstić information content (AvgIpc) is 3.53. The molecule has 2 aromatic rings. The molecule has 0 saturated carbocycles. The minimum Gasteiger partial charge on any atom is -0.461 e. The molecule has 2 bridgehead atoms. The van der Waals surface area contributed by atoms with Crippen molar-refractivity contribution in [2.24, 2.45) is 0 Å². The number of aryl methyl sites for hydroxylation is 1. The van der Waals surface area contributed by atoms with Crippen molar-refractivity contribution in [1.82, 2.24) is 19.8 Å². The van der Waals surface area contributed by atoms with E-state index in [1.807, 2.05) is 25.7 Å². The minimum atomic E-state index is -0.874. The highest BCUT2D eigenvalue weighted by molar-refractivity contribution is 6.31.